The monoisotopic (exact) mass is 296 g/mol. The highest BCUT2D eigenvalue weighted by atomic mass is 127. The van der Waals surface area contributed by atoms with Gasteiger partial charge in [0.25, 0.3) is 0 Å². The Hall–Kier alpha value is 0.430. The normalized spacial score (nSPS) is 16.3. The lowest BCUT2D eigenvalue weighted by atomic mass is 9.89. The molecule has 0 aromatic carbocycles. The summed E-state index contributed by atoms with van der Waals surface area (Å²) in [5, 5.41) is 10.2. The maximum Gasteiger partial charge on any atom is 0.0682 e. The third-order valence-corrected chi connectivity index (χ3v) is 2.81. The summed E-state index contributed by atoms with van der Waals surface area (Å²) in [6.45, 7) is 4.30. The molecule has 0 heterocycles. The molecule has 0 amide bonds. The molecule has 0 bridgehead atoms. The van der Waals surface area contributed by atoms with Gasteiger partial charge in [-0.1, -0.05) is 61.8 Å². The smallest absolute Gasteiger partial charge is 0.0682 e. The number of halogens is 1. The summed E-state index contributed by atoms with van der Waals surface area (Å²) in [4.78, 5) is 0. The van der Waals surface area contributed by atoms with Crippen LogP contribution in [0.1, 0.15) is 52.4 Å². The first-order valence-corrected chi connectivity index (χ1v) is 6.40. The molecule has 1 N–H and O–H groups in total. The van der Waals surface area contributed by atoms with Gasteiger partial charge in [-0.3, -0.25) is 0 Å². The van der Waals surface area contributed by atoms with Gasteiger partial charge in [0.05, 0.1) is 5.60 Å². The maximum absolute atomic E-state index is 10.2. The molecule has 2 heteroatoms. The van der Waals surface area contributed by atoms with Crippen LogP contribution in [0.25, 0.3) is 0 Å². The molecule has 1 nitrogen and oxygen atoms in total. The van der Waals surface area contributed by atoms with Crippen molar-refractivity contribution < 1.29 is 5.11 Å². The molecule has 0 aromatic heterocycles. The summed E-state index contributed by atoms with van der Waals surface area (Å²) < 4.78 is 1.99. The molecule has 13 heavy (non-hydrogen) atoms. The average Bonchev–Trinajstić information content (AvgIpc) is 2.12. The third kappa shape index (κ3) is 6.49. The Labute approximate surface area is 95.8 Å². The quantitative estimate of drug-likeness (QED) is 0.703. The lowest BCUT2D eigenvalue weighted by Crippen LogP contribution is -2.27. The molecule has 0 saturated carbocycles. The van der Waals surface area contributed by atoms with Gasteiger partial charge in [-0.25, -0.2) is 0 Å². The number of rotatable bonds is 7. The van der Waals surface area contributed by atoms with E-state index in [0.717, 1.165) is 32.1 Å². The Morgan fingerprint density at radius 1 is 1.23 bits per heavy atom. The van der Waals surface area contributed by atoms with E-state index in [2.05, 4.69) is 42.5 Å². The van der Waals surface area contributed by atoms with Crippen LogP contribution in [0.5, 0.6) is 0 Å². The van der Waals surface area contributed by atoms with Crippen LogP contribution in [0, 0.1) is 0 Å². The third-order valence-electron chi connectivity index (χ3n) is 2.30. The van der Waals surface area contributed by atoms with Crippen LogP contribution in [-0.2, 0) is 0 Å². The van der Waals surface area contributed by atoms with Crippen molar-refractivity contribution in [1.29, 1.82) is 0 Å². The minimum Gasteiger partial charge on any atom is -0.390 e. The van der Waals surface area contributed by atoms with Crippen LogP contribution in [0.15, 0.2) is 10.2 Å². The first kappa shape index (κ1) is 13.4. The lowest BCUT2D eigenvalue weighted by Gasteiger charge is -2.26. The molecule has 1 unspecified atom stereocenters. The zero-order valence-corrected chi connectivity index (χ0v) is 10.9. The van der Waals surface area contributed by atoms with Crippen LogP contribution < -0.4 is 0 Å². The summed E-state index contributed by atoms with van der Waals surface area (Å²) in [6.07, 6.45) is 8.10. The summed E-state index contributed by atoms with van der Waals surface area (Å²) in [5.41, 5.74) is -0.438. The van der Waals surface area contributed by atoms with Crippen LogP contribution in [0.4, 0.5) is 0 Å². The number of aliphatic hydroxyl groups is 1. The maximum atomic E-state index is 10.2. The van der Waals surface area contributed by atoms with Crippen molar-refractivity contribution in [3.05, 3.63) is 10.2 Å². The standard InChI is InChI=1S/C11H21IO/c1-3-5-8-11(13,7-4-2)9-6-10-12/h6,10,13H,3-5,7-9H2,1-2H3. The fourth-order valence-electron chi connectivity index (χ4n) is 1.56. The number of hydrogen-bond acceptors (Lipinski definition) is 1. The first-order chi connectivity index (χ1) is 6.18. The second-order valence-electron chi connectivity index (χ2n) is 3.64. The summed E-state index contributed by atoms with van der Waals surface area (Å²) in [7, 11) is 0. The molecular formula is C11H21IO. The number of unbranched alkanes of at least 4 members (excludes halogenated alkanes) is 1. The first-order valence-electron chi connectivity index (χ1n) is 5.16. The van der Waals surface area contributed by atoms with E-state index in [1.54, 1.807) is 0 Å². The van der Waals surface area contributed by atoms with Crippen molar-refractivity contribution in [2.75, 3.05) is 0 Å². The molecular weight excluding hydrogens is 275 g/mol. The van der Waals surface area contributed by atoms with Crippen molar-refractivity contribution in [1.82, 2.24) is 0 Å². The Bertz CT molecular complexity index is 145. The van der Waals surface area contributed by atoms with Crippen LogP contribution in [0.3, 0.4) is 0 Å². The van der Waals surface area contributed by atoms with Crippen molar-refractivity contribution in [2.24, 2.45) is 0 Å². The molecule has 0 aliphatic heterocycles. The van der Waals surface area contributed by atoms with E-state index in [0.29, 0.717) is 0 Å². The average molecular weight is 296 g/mol. The van der Waals surface area contributed by atoms with Gasteiger partial charge in [0, 0.05) is 0 Å². The molecule has 0 aliphatic carbocycles. The lowest BCUT2D eigenvalue weighted by molar-refractivity contribution is 0.0229. The predicted molar refractivity (Wildman–Crippen MR) is 67.2 cm³/mol. The van der Waals surface area contributed by atoms with Crippen LogP contribution in [0.2, 0.25) is 0 Å². The van der Waals surface area contributed by atoms with Crippen molar-refractivity contribution in [3.8, 4) is 0 Å². The van der Waals surface area contributed by atoms with Gasteiger partial charge in [-0.2, -0.15) is 0 Å². The van der Waals surface area contributed by atoms with Crippen molar-refractivity contribution >= 4 is 22.6 Å². The summed E-state index contributed by atoms with van der Waals surface area (Å²) in [5.74, 6) is 0. The SMILES string of the molecule is CCCCC(O)(CC=CI)CCC. The molecule has 0 rings (SSSR count). The topological polar surface area (TPSA) is 20.2 Å². The molecule has 78 valence electrons. The Kier molecular flexibility index (Phi) is 8.06. The van der Waals surface area contributed by atoms with E-state index in [-0.39, 0.29) is 0 Å². The van der Waals surface area contributed by atoms with E-state index < -0.39 is 5.60 Å². The predicted octanol–water partition coefficient (Wildman–Crippen LogP) is 4.05. The molecule has 0 radical (unpaired) electrons. The second-order valence-corrected chi connectivity index (χ2v) is 4.36. The molecule has 0 aliphatic rings. The minimum absolute atomic E-state index is 0.438. The Balaban J connectivity index is 3.98. The van der Waals surface area contributed by atoms with Crippen LogP contribution >= 0.6 is 22.6 Å². The van der Waals surface area contributed by atoms with E-state index in [1.807, 2.05) is 4.08 Å². The van der Waals surface area contributed by atoms with Gasteiger partial charge in [0.1, 0.15) is 0 Å². The zero-order chi connectivity index (χ0) is 10.2. The molecule has 0 spiro atoms. The molecule has 0 saturated heterocycles. The highest BCUT2D eigenvalue weighted by molar-refractivity contribution is 14.1. The summed E-state index contributed by atoms with van der Waals surface area (Å²) in [6, 6.07) is 0. The van der Waals surface area contributed by atoms with Gasteiger partial charge in [-0.05, 0) is 23.3 Å². The van der Waals surface area contributed by atoms with E-state index in [1.165, 1.54) is 6.42 Å². The van der Waals surface area contributed by atoms with E-state index >= 15 is 0 Å². The fraction of sp³-hybridized carbons (Fsp3) is 0.818. The molecule has 0 aromatic rings. The van der Waals surface area contributed by atoms with Crippen molar-refractivity contribution in [3.63, 3.8) is 0 Å². The van der Waals surface area contributed by atoms with Gasteiger partial charge in [0.2, 0.25) is 0 Å². The zero-order valence-electron chi connectivity index (χ0n) is 8.72. The van der Waals surface area contributed by atoms with Crippen molar-refractivity contribution in [2.45, 2.75) is 58.0 Å². The number of hydrogen-bond donors (Lipinski definition) is 1. The molecule has 1 atom stereocenters. The highest BCUT2D eigenvalue weighted by Gasteiger charge is 2.22. The van der Waals surface area contributed by atoms with Gasteiger partial charge in [-0.15, -0.1) is 0 Å². The largest absolute Gasteiger partial charge is 0.390 e. The summed E-state index contributed by atoms with van der Waals surface area (Å²) >= 11 is 2.20. The van der Waals surface area contributed by atoms with Gasteiger partial charge >= 0.3 is 0 Å². The molecule has 0 fully saturated rings. The second kappa shape index (κ2) is 7.80. The Morgan fingerprint density at radius 2 is 1.92 bits per heavy atom. The van der Waals surface area contributed by atoms with Gasteiger partial charge in [0.15, 0.2) is 0 Å². The van der Waals surface area contributed by atoms with E-state index in [4.69, 9.17) is 0 Å². The minimum atomic E-state index is -0.438. The van der Waals surface area contributed by atoms with E-state index in [9.17, 15) is 5.11 Å². The fourth-order valence-corrected chi connectivity index (χ4v) is 1.82. The van der Waals surface area contributed by atoms with Gasteiger partial charge < -0.3 is 5.11 Å². The highest BCUT2D eigenvalue weighted by Crippen LogP contribution is 2.24. The Morgan fingerprint density at radius 3 is 2.38 bits per heavy atom. The van der Waals surface area contributed by atoms with Crippen LogP contribution in [-0.4, -0.2) is 10.7 Å².